The first-order valence-corrected chi connectivity index (χ1v) is 17.5. The highest BCUT2D eigenvalue weighted by Gasteiger charge is 3.03. The van der Waals surface area contributed by atoms with E-state index in [-0.39, 0.29) is 0 Å². The maximum absolute atomic E-state index is 15.6. The molecule has 2 aromatic rings. The van der Waals surface area contributed by atoms with Gasteiger partial charge in [-0.15, -0.1) is 0 Å². The summed E-state index contributed by atoms with van der Waals surface area (Å²) in [6, 6.07) is 9.65. The van der Waals surface area contributed by atoms with Crippen molar-refractivity contribution in [1.82, 2.24) is 0 Å². The molecule has 2 aromatic carbocycles. The van der Waals surface area contributed by atoms with E-state index in [2.05, 4.69) is 9.47 Å². The lowest BCUT2D eigenvalue weighted by molar-refractivity contribution is -0.527. The lowest BCUT2D eigenvalue weighted by Gasteiger charge is -2.55. The third-order valence-electron chi connectivity index (χ3n) is 6.57. The van der Waals surface area contributed by atoms with Crippen LogP contribution in [0.3, 0.4) is 0 Å². The zero-order valence-electron chi connectivity index (χ0n) is 23.2. The molecule has 2 unspecified atom stereocenters. The topological polar surface area (TPSA) is 55.4 Å². The molecule has 1 fully saturated rings. The fraction of sp³-hybridized carbons (Fsp3) is 0.538. The molecule has 0 N–H and O–H groups in total. The Bertz CT molecular complexity index is 1040. The van der Waals surface area contributed by atoms with E-state index in [1.165, 1.54) is 24.3 Å². The highest BCUT2D eigenvalue weighted by molar-refractivity contribution is 6.80. The summed E-state index contributed by atoms with van der Waals surface area (Å²) in [6.07, 6.45) is 0. The Balaban J connectivity index is 1.90. The van der Waals surface area contributed by atoms with Crippen LogP contribution in [-0.2, 0) is 17.7 Å². The predicted octanol–water partition coefficient (Wildman–Crippen LogP) is 5.46. The number of alkyl halides is 6. The first kappa shape index (κ1) is 32.4. The molecule has 0 aromatic heterocycles. The van der Waals surface area contributed by atoms with E-state index in [1.807, 2.05) is 0 Å². The van der Waals surface area contributed by atoms with Crippen molar-refractivity contribution in [1.29, 1.82) is 0 Å². The molecule has 1 aliphatic carbocycles. The zero-order chi connectivity index (χ0) is 30.0. The van der Waals surface area contributed by atoms with E-state index in [4.69, 9.17) is 17.7 Å². The second-order valence-electron chi connectivity index (χ2n) is 9.22. The third-order valence-corrected chi connectivity index (χ3v) is 12.7. The quantitative estimate of drug-likeness (QED) is 0.209. The molecule has 0 spiro atoms. The lowest BCUT2D eigenvalue weighted by Crippen LogP contribution is -2.89. The Hall–Kier alpha value is -2.11. The highest BCUT2D eigenvalue weighted by atomic mass is 28.4. The van der Waals surface area contributed by atoms with E-state index < -0.39 is 52.2 Å². The summed E-state index contributed by atoms with van der Waals surface area (Å²) in [6.45, 7) is 11.9. The molecule has 0 radical (unpaired) electrons. The van der Waals surface area contributed by atoms with Gasteiger partial charge >= 0.3 is 40.7 Å². The van der Waals surface area contributed by atoms with Gasteiger partial charge in [0.25, 0.3) is 0 Å². The van der Waals surface area contributed by atoms with Gasteiger partial charge in [0.1, 0.15) is 11.5 Å². The van der Waals surface area contributed by atoms with E-state index in [9.17, 15) is 17.6 Å². The minimum atomic E-state index is -5.55. The van der Waals surface area contributed by atoms with Crippen molar-refractivity contribution >= 4 is 27.5 Å². The van der Waals surface area contributed by atoms with E-state index >= 15 is 8.78 Å². The van der Waals surface area contributed by atoms with E-state index in [0.717, 1.165) is 24.3 Å². The van der Waals surface area contributed by atoms with Crippen LogP contribution in [-0.4, -0.2) is 67.1 Å². The fourth-order valence-corrected chi connectivity index (χ4v) is 9.08. The standard InChI is InChI=1S/C26H34F6O6Si2/c1-7-33-39(5,34-8-2)21-15-11-19(12-16-21)37-25(31)23(27,28)24(29,30)26(25,32)38-20-13-17-22(18-14-20)40(6,35-9-3)36-10-4/h11-18H,7-10H2,1-6H3. The highest BCUT2D eigenvalue weighted by Crippen LogP contribution is 2.68. The summed E-state index contributed by atoms with van der Waals surface area (Å²) in [5.41, 5.74) is 0. The maximum atomic E-state index is 15.6. The van der Waals surface area contributed by atoms with Crippen molar-refractivity contribution in [3.05, 3.63) is 48.5 Å². The van der Waals surface area contributed by atoms with Crippen LogP contribution in [0.25, 0.3) is 0 Å². The van der Waals surface area contributed by atoms with Gasteiger partial charge in [-0.1, -0.05) is 24.3 Å². The van der Waals surface area contributed by atoms with Crippen LogP contribution >= 0.6 is 0 Å². The number of hydrogen-bond donors (Lipinski definition) is 0. The van der Waals surface area contributed by atoms with Crippen LogP contribution in [0, 0.1) is 0 Å². The number of benzene rings is 2. The van der Waals surface area contributed by atoms with E-state index in [1.54, 1.807) is 40.8 Å². The first-order valence-electron chi connectivity index (χ1n) is 12.9. The molecule has 3 rings (SSSR count). The second kappa shape index (κ2) is 11.6. The molecule has 6 nitrogen and oxygen atoms in total. The van der Waals surface area contributed by atoms with Crippen LogP contribution in [0.1, 0.15) is 27.7 Å². The Morgan fingerprint density at radius 2 is 0.750 bits per heavy atom. The Morgan fingerprint density at radius 1 is 0.500 bits per heavy atom. The van der Waals surface area contributed by atoms with Crippen LogP contribution < -0.4 is 19.8 Å². The molecule has 0 heterocycles. The summed E-state index contributed by atoms with van der Waals surface area (Å²) in [5.74, 6) is -22.1. The fourth-order valence-electron chi connectivity index (χ4n) is 4.50. The number of halogens is 6. The summed E-state index contributed by atoms with van der Waals surface area (Å²) >= 11 is 0. The van der Waals surface area contributed by atoms with Gasteiger partial charge in [0, 0.05) is 26.4 Å². The summed E-state index contributed by atoms with van der Waals surface area (Å²) in [5, 5.41) is 1.08. The van der Waals surface area contributed by atoms with Gasteiger partial charge in [-0.2, -0.15) is 26.3 Å². The van der Waals surface area contributed by atoms with Crippen molar-refractivity contribution in [2.75, 3.05) is 26.4 Å². The van der Waals surface area contributed by atoms with Gasteiger partial charge in [-0.3, -0.25) is 0 Å². The van der Waals surface area contributed by atoms with Gasteiger partial charge in [-0.05, 0) is 75.4 Å². The van der Waals surface area contributed by atoms with Crippen LogP contribution in [0.15, 0.2) is 48.5 Å². The molecule has 1 aliphatic rings. The summed E-state index contributed by atoms with van der Waals surface area (Å²) < 4.78 is 121. The van der Waals surface area contributed by atoms with Crippen LogP contribution in [0.4, 0.5) is 26.3 Å². The van der Waals surface area contributed by atoms with Gasteiger partial charge < -0.3 is 27.2 Å². The first-order chi connectivity index (χ1) is 18.6. The second-order valence-corrected chi connectivity index (χ2v) is 15.3. The van der Waals surface area contributed by atoms with Crippen LogP contribution in [0.2, 0.25) is 13.1 Å². The van der Waals surface area contributed by atoms with Crippen molar-refractivity contribution in [2.45, 2.75) is 64.3 Å². The largest absolute Gasteiger partial charge is 0.447 e. The number of hydrogen-bond acceptors (Lipinski definition) is 6. The van der Waals surface area contributed by atoms with Gasteiger partial charge in [0.05, 0.1) is 0 Å². The molecule has 224 valence electrons. The van der Waals surface area contributed by atoms with Crippen molar-refractivity contribution in [2.24, 2.45) is 0 Å². The third kappa shape index (κ3) is 5.18. The zero-order valence-corrected chi connectivity index (χ0v) is 25.2. The van der Waals surface area contributed by atoms with Crippen molar-refractivity contribution < 1.29 is 53.5 Å². The Labute approximate surface area is 232 Å². The molecule has 0 aliphatic heterocycles. The SMILES string of the molecule is CCO[Si](C)(OCC)c1ccc(OC2(F)C(F)(F)C(F)(F)C2(F)Oc2ccc([Si](C)(OCC)OCC)cc2)cc1. The molecule has 0 bridgehead atoms. The summed E-state index contributed by atoms with van der Waals surface area (Å²) in [7, 11) is -5.78. The number of ether oxygens (including phenoxy) is 2. The minimum absolute atomic E-state index is 0.331. The van der Waals surface area contributed by atoms with Gasteiger partial charge in [-0.25, -0.2) is 0 Å². The number of rotatable bonds is 14. The van der Waals surface area contributed by atoms with Crippen molar-refractivity contribution in [3.63, 3.8) is 0 Å². The molecule has 1 saturated carbocycles. The normalized spacial score (nSPS) is 23.9. The average Bonchev–Trinajstić information content (AvgIpc) is 2.89. The van der Waals surface area contributed by atoms with Crippen LogP contribution in [0.5, 0.6) is 11.5 Å². The molecule has 0 saturated heterocycles. The van der Waals surface area contributed by atoms with E-state index in [0.29, 0.717) is 36.8 Å². The monoisotopic (exact) mass is 612 g/mol. The summed E-state index contributed by atoms with van der Waals surface area (Å²) in [4.78, 5) is 0. The molecule has 2 atom stereocenters. The Kier molecular flexibility index (Phi) is 9.43. The molecular weight excluding hydrogens is 578 g/mol. The molecule has 14 heteroatoms. The minimum Gasteiger partial charge on any atom is -0.447 e. The van der Waals surface area contributed by atoms with Gasteiger partial charge in [0.15, 0.2) is 0 Å². The molecule has 40 heavy (non-hydrogen) atoms. The lowest BCUT2D eigenvalue weighted by atomic mass is 9.76. The average molecular weight is 613 g/mol. The van der Waals surface area contributed by atoms with Gasteiger partial charge in [0.2, 0.25) is 0 Å². The smallest absolute Gasteiger partial charge is 0.395 e. The Morgan fingerprint density at radius 3 is 0.975 bits per heavy atom. The maximum Gasteiger partial charge on any atom is 0.395 e. The van der Waals surface area contributed by atoms with Crippen molar-refractivity contribution in [3.8, 4) is 11.5 Å². The molecule has 0 amide bonds. The molecular formula is C26H34F6O6Si2. The predicted molar refractivity (Wildman–Crippen MR) is 141 cm³/mol.